The minimum absolute atomic E-state index is 0.0362. The van der Waals surface area contributed by atoms with Crippen LogP contribution in [0.15, 0.2) is 78.9 Å². The minimum atomic E-state index is -0.573. The predicted octanol–water partition coefficient (Wildman–Crippen LogP) is 4.74. The van der Waals surface area contributed by atoms with Crippen molar-refractivity contribution >= 4 is 17.3 Å². The predicted molar refractivity (Wildman–Crippen MR) is 119 cm³/mol. The summed E-state index contributed by atoms with van der Waals surface area (Å²) in [6.07, 6.45) is 0. The Balaban J connectivity index is 1.71. The van der Waals surface area contributed by atoms with Crippen LogP contribution in [-0.4, -0.2) is 28.1 Å². The van der Waals surface area contributed by atoms with E-state index in [4.69, 9.17) is 4.74 Å². The lowest BCUT2D eigenvalue weighted by Gasteiger charge is -2.26. The zero-order chi connectivity index (χ0) is 22.2. The van der Waals surface area contributed by atoms with Crippen LogP contribution in [0.4, 0.5) is 11.4 Å². The number of fused-ring (bicyclic) bond motifs is 1. The van der Waals surface area contributed by atoms with Gasteiger partial charge in [0.15, 0.2) is 0 Å². The molecule has 0 radical (unpaired) electrons. The van der Waals surface area contributed by atoms with Crippen molar-refractivity contribution in [1.29, 1.82) is 0 Å². The van der Waals surface area contributed by atoms with Gasteiger partial charge in [0.05, 0.1) is 23.8 Å². The fraction of sp³-hybridized carbons (Fsp3) is 0.0833. The average Bonchev–Trinajstić information content (AvgIpc) is 3.38. The minimum Gasteiger partial charge on any atom is -0.497 e. The summed E-state index contributed by atoms with van der Waals surface area (Å²) in [4.78, 5) is 26.1. The summed E-state index contributed by atoms with van der Waals surface area (Å²) in [5.74, 6) is 0.466. The van der Waals surface area contributed by atoms with Crippen molar-refractivity contribution in [2.75, 3.05) is 12.0 Å². The lowest BCUT2D eigenvalue weighted by atomic mass is 9.95. The smallest absolute Gasteiger partial charge is 0.277 e. The van der Waals surface area contributed by atoms with Crippen molar-refractivity contribution in [1.82, 2.24) is 10.2 Å². The number of hydrogen-bond donors (Lipinski definition) is 1. The van der Waals surface area contributed by atoms with Gasteiger partial charge in [-0.05, 0) is 42.0 Å². The molecule has 0 saturated heterocycles. The number of aromatic nitrogens is 2. The lowest BCUT2D eigenvalue weighted by Crippen LogP contribution is -2.29. The third-order valence-corrected chi connectivity index (χ3v) is 5.56. The van der Waals surface area contributed by atoms with Crippen molar-refractivity contribution in [2.45, 2.75) is 6.04 Å². The van der Waals surface area contributed by atoms with Crippen LogP contribution in [0, 0.1) is 10.1 Å². The molecule has 0 bridgehead atoms. The molecule has 1 aromatic heterocycles. The molecule has 1 amide bonds. The number of carbonyl (C=O) groups is 1. The van der Waals surface area contributed by atoms with Gasteiger partial charge in [-0.15, -0.1) is 0 Å². The van der Waals surface area contributed by atoms with E-state index < -0.39 is 11.0 Å². The van der Waals surface area contributed by atoms with Crippen LogP contribution in [0.25, 0.3) is 11.3 Å². The second-order valence-corrected chi connectivity index (χ2v) is 7.35. The number of nitrogens with zero attached hydrogens (tertiary/aromatic N) is 3. The molecule has 1 atom stereocenters. The normalized spacial score (nSPS) is 15.0. The maximum absolute atomic E-state index is 13.4. The van der Waals surface area contributed by atoms with Gasteiger partial charge in [0.1, 0.15) is 11.4 Å². The second-order valence-electron chi connectivity index (χ2n) is 7.35. The molecule has 1 aliphatic heterocycles. The molecule has 32 heavy (non-hydrogen) atoms. The van der Waals surface area contributed by atoms with E-state index in [1.165, 1.54) is 12.1 Å². The van der Waals surface area contributed by atoms with E-state index in [1.54, 1.807) is 24.1 Å². The van der Waals surface area contributed by atoms with E-state index >= 15 is 0 Å². The van der Waals surface area contributed by atoms with Crippen LogP contribution >= 0.6 is 0 Å². The van der Waals surface area contributed by atoms with E-state index in [9.17, 15) is 14.9 Å². The highest BCUT2D eigenvalue weighted by atomic mass is 16.6. The number of methoxy groups -OCH3 is 1. The Hall–Kier alpha value is -4.46. The van der Waals surface area contributed by atoms with Gasteiger partial charge in [-0.1, -0.05) is 30.3 Å². The van der Waals surface area contributed by atoms with Crippen molar-refractivity contribution in [3.05, 3.63) is 106 Å². The van der Waals surface area contributed by atoms with E-state index in [-0.39, 0.29) is 11.6 Å². The Labute approximate surface area is 183 Å². The number of non-ortho nitro benzene ring substituents is 1. The summed E-state index contributed by atoms with van der Waals surface area (Å²) in [5.41, 5.74) is 3.77. The highest BCUT2D eigenvalue weighted by molar-refractivity contribution is 6.11. The molecule has 8 nitrogen and oxygen atoms in total. The van der Waals surface area contributed by atoms with Crippen LogP contribution in [0.1, 0.15) is 27.7 Å². The van der Waals surface area contributed by atoms with E-state index in [2.05, 4.69) is 10.2 Å². The van der Waals surface area contributed by atoms with Crippen LogP contribution in [-0.2, 0) is 0 Å². The van der Waals surface area contributed by atoms with E-state index in [0.717, 1.165) is 5.56 Å². The zero-order valence-electron chi connectivity index (χ0n) is 17.1. The van der Waals surface area contributed by atoms with Crippen LogP contribution in [0.3, 0.4) is 0 Å². The molecule has 1 aliphatic rings. The Morgan fingerprint density at radius 1 is 1.03 bits per heavy atom. The molecule has 3 aromatic carbocycles. The molecule has 1 N–H and O–H groups in total. The standard InChI is InChI=1S/C24H18N4O4/c1-32-19-12-10-15(11-13-19)21-20-22(26-25-21)24(29)27(17-7-3-2-4-8-17)23(20)16-6-5-9-18(14-16)28(30)31/h2-14,23H,1H3,(H,25,26)/t23-/m1/s1. The second kappa shape index (κ2) is 7.66. The number of benzene rings is 3. The topological polar surface area (TPSA) is 101 Å². The largest absolute Gasteiger partial charge is 0.497 e. The monoisotopic (exact) mass is 426 g/mol. The molecule has 0 unspecified atom stereocenters. The van der Waals surface area contributed by atoms with Crippen LogP contribution in [0.5, 0.6) is 5.75 Å². The molecule has 158 valence electrons. The van der Waals surface area contributed by atoms with Gasteiger partial charge in [-0.3, -0.25) is 24.9 Å². The number of nitrogens with one attached hydrogen (secondary N) is 1. The number of carbonyl (C=O) groups excluding carboxylic acids is 1. The van der Waals surface area contributed by atoms with Crippen molar-refractivity contribution in [2.24, 2.45) is 0 Å². The molecule has 0 fully saturated rings. The molecule has 5 rings (SSSR count). The fourth-order valence-corrected chi connectivity index (χ4v) is 4.09. The quantitative estimate of drug-likeness (QED) is 0.367. The van der Waals surface area contributed by atoms with E-state index in [1.807, 2.05) is 54.6 Å². The van der Waals surface area contributed by atoms with Crippen molar-refractivity contribution in [3.8, 4) is 17.0 Å². The number of rotatable bonds is 5. The van der Waals surface area contributed by atoms with Gasteiger partial charge in [-0.25, -0.2) is 0 Å². The number of para-hydroxylation sites is 1. The number of nitro groups is 1. The number of ether oxygens (including phenoxy) is 1. The molecular weight excluding hydrogens is 408 g/mol. The Bertz CT molecular complexity index is 1320. The zero-order valence-corrected chi connectivity index (χ0v) is 17.1. The van der Waals surface area contributed by atoms with Crippen LogP contribution in [0.2, 0.25) is 0 Å². The number of nitro benzene ring substituents is 1. The first-order chi connectivity index (χ1) is 15.6. The van der Waals surface area contributed by atoms with Crippen LogP contribution < -0.4 is 9.64 Å². The van der Waals surface area contributed by atoms with Gasteiger partial charge in [0.2, 0.25) is 0 Å². The average molecular weight is 426 g/mol. The summed E-state index contributed by atoms with van der Waals surface area (Å²) in [5, 5.41) is 18.7. The molecule has 2 heterocycles. The first-order valence-electron chi connectivity index (χ1n) is 9.94. The highest BCUT2D eigenvalue weighted by Gasteiger charge is 2.43. The SMILES string of the molecule is COc1ccc(-c2n[nH]c3c2[C@@H](c2cccc([N+](=O)[O-])c2)N(c2ccccc2)C3=O)cc1. The van der Waals surface area contributed by atoms with Gasteiger partial charge in [-0.2, -0.15) is 5.10 Å². The lowest BCUT2D eigenvalue weighted by molar-refractivity contribution is -0.384. The fourth-order valence-electron chi connectivity index (χ4n) is 4.09. The highest BCUT2D eigenvalue weighted by Crippen LogP contribution is 2.45. The number of hydrogen-bond acceptors (Lipinski definition) is 5. The Morgan fingerprint density at radius 3 is 2.47 bits per heavy atom. The molecule has 0 aliphatic carbocycles. The number of aromatic amines is 1. The van der Waals surface area contributed by atoms with Crippen molar-refractivity contribution in [3.63, 3.8) is 0 Å². The third kappa shape index (κ3) is 3.09. The number of H-pyrrole nitrogens is 1. The maximum atomic E-state index is 13.4. The third-order valence-electron chi connectivity index (χ3n) is 5.56. The molecule has 4 aromatic rings. The maximum Gasteiger partial charge on any atom is 0.277 e. The van der Waals surface area contributed by atoms with Gasteiger partial charge in [0.25, 0.3) is 11.6 Å². The first-order valence-corrected chi connectivity index (χ1v) is 9.94. The molecule has 0 saturated carbocycles. The van der Waals surface area contributed by atoms with E-state index in [0.29, 0.717) is 34.0 Å². The van der Waals surface area contributed by atoms with Gasteiger partial charge in [0, 0.05) is 28.9 Å². The molecule has 0 spiro atoms. The summed E-state index contributed by atoms with van der Waals surface area (Å²) in [7, 11) is 1.59. The first kappa shape index (κ1) is 19.5. The Morgan fingerprint density at radius 2 is 1.78 bits per heavy atom. The summed E-state index contributed by atoms with van der Waals surface area (Å²) in [6, 6.07) is 22.4. The summed E-state index contributed by atoms with van der Waals surface area (Å²) < 4.78 is 5.24. The van der Waals surface area contributed by atoms with Gasteiger partial charge >= 0.3 is 0 Å². The van der Waals surface area contributed by atoms with Crippen molar-refractivity contribution < 1.29 is 14.5 Å². The Kier molecular flexibility index (Phi) is 4.67. The summed E-state index contributed by atoms with van der Waals surface area (Å²) >= 11 is 0. The summed E-state index contributed by atoms with van der Waals surface area (Å²) in [6.45, 7) is 0. The van der Waals surface area contributed by atoms with Gasteiger partial charge < -0.3 is 4.74 Å². The number of amides is 1. The molecule has 8 heteroatoms. The molecular formula is C24H18N4O4. The number of anilines is 1.